The second-order valence-electron chi connectivity index (χ2n) is 32.0. The van der Waals surface area contributed by atoms with Crippen LogP contribution < -0.4 is 37.9 Å². The van der Waals surface area contributed by atoms with Crippen molar-refractivity contribution in [2.24, 2.45) is 0 Å². The van der Waals surface area contributed by atoms with E-state index in [4.69, 9.17) is 74.1 Å². The van der Waals surface area contributed by atoms with Gasteiger partial charge in [-0.1, -0.05) is 132 Å². The van der Waals surface area contributed by atoms with Gasteiger partial charge in [0.1, 0.15) is 70.6 Å². The Kier molecular flexibility index (Phi) is 39.9. The van der Waals surface area contributed by atoms with E-state index in [1.54, 1.807) is 68.1 Å². The molecule has 4 heterocycles. The molecule has 5 unspecified atom stereocenters. The predicted octanol–water partition coefficient (Wildman–Crippen LogP) is 21.4. The molecule has 0 N–H and O–H groups in total. The molecule has 4 aromatic carbocycles. The monoisotopic (exact) mass is 1800 g/mol. The molecule has 1 aliphatic carbocycles. The van der Waals surface area contributed by atoms with E-state index >= 15 is 19.2 Å². The van der Waals surface area contributed by atoms with Gasteiger partial charge in [-0.05, 0) is 124 Å². The van der Waals surface area contributed by atoms with Crippen molar-refractivity contribution in [1.82, 2.24) is 19.6 Å². The lowest BCUT2D eigenvalue weighted by Gasteiger charge is -2.39. The Morgan fingerprint density at radius 1 is 0.285 bits per heavy atom. The molecule has 0 saturated heterocycles. The molecule has 4 amide bonds. The molecular formula is C91H142N4O24P4. The first-order valence-corrected chi connectivity index (χ1v) is 52.7. The van der Waals surface area contributed by atoms with Crippen molar-refractivity contribution in [3.8, 4) is 46.0 Å². The van der Waals surface area contributed by atoms with Gasteiger partial charge >= 0.3 is 30.4 Å². The number of amides is 4. The zero-order valence-corrected chi connectivity index (χ0v) is 80.0. The summed E-state index contributed by atoms with van der Waals surface area (Å²) in [5.74, 6) is -1.22. The van der Waals surface area contributed by atoms with E-state index in [1.807, 2.05) is 27.7 Å². The second-order valence-corrected chi connectivity index (χ2v) is 40.4. The van der Waals surface area contributed by atoms with E-state index in [0.29, 0.717) is 145 Å². The fourth-order valence-corrected chi connectivity index (χ4v) is 23.9. The first kappa shape index (κ1) is 101. The fraction of sp³-hybridized carbons (Fsp3) is 0.692. The molecule has 690 valence electrons. The van der Waals surface area contributed by atoms with E-state index in [1.165, 1.54) is 7.11 Å². The minimum absolute atomic E-state index is 0.0319. The van der Waals surface area contributed by atoms with Crippen LogP contribution in [-0.4, -0.2) is 175 Å². The van der Waals surface area contributed by atoms with Crippen LogP contribution in [0, 0.1) is 0 Å². The fourth-order valence-electron chi connectivity index (χ4n) is 17.9. The average molecular weight is 1800 g/mol. The van der Waals surface area contributed by atoms with E-state index in [-0.39, 0.29) is 98.6 Å². The van der Waals surface area contributed by atoms with E-state index < -0.39 is 130 Å². The van der Waals surface area contributed by atoms with Crippen LogP contribution in [0.15, 0.2) is 24.3 Å². The average Bonchev–Trinajstić information content (AvgIpc) is 0.719. The van der Waals surface area contributed by atoms with Crippen molar-refractivity contribution in [3.63, 3.8) is 0 Å². The van der Waals surface area contributed by atoms with Gasteiger partial charge < -0.3 is 93.7 Å². The van der Waals surface area contributed by atoms with Crippen LogP contribution in [0.3, 0.4) is 0 Å². The van der Waals surface area contributed by atoms with Crippen LogP contribution in [-0.2, 0) is 99.8 Å². The molecule has 0 fully saturated rings. The molecule has 0 saturated carbocycles. The summed E-state index contributed by atoms with van der Waals surface area (Å²) in [7, 11) is -14.7. The second kappa shape index (κ2) is 48.8. The maximum Gasteiger partial charge on any atom is 0.340 e. The largest absolute Gasteiger partial charge is 0.457 e. The zero-order chi connectivity index (χ0) is 89.0. The van der Waals surface area contributed by atoms with Gasteiger partial charge in [-0.15, -0.1) is 0 Å². The van der Waals surface area contributed by atoms with Crippen LogP contribution in [0.25, 0.3) is 0 Å². The Morgan fingerprint density at radius 2 is 0.463 bits per heavy atom. The molecular weight excluding hydrogens is 1660 g/mol. The van der Waals surface area contributed by atoms with Gasteiger partial charge in [0.2, 0.25) is 50.8 Å². The smallest absolute Gasteiger partial charge is 0.340 e. The normalized spacial score (nSPS) is 16.7. The third kappa shape index (κ3) is 25.0. The van der Waals surface area contributed by atoms with Crippen LogP contribution in [0.4, 0.5) is 0 Å². The van der Waals surface area contributed by atoms with Crippen molar-refractivity contribution < 1.29 is 112 Å². The summed E-state index contributed by atoms with van der Waals surface area (Å²) in [6.07, 6.45) is 11.3. The Hall–Kier alpha value is -6.24. The van der Waals surface area contributed by atoms with Gasteiger partial charge in [0.15, 0.2) is 0 Å². The van der Waals surface area contributed by atoms with E-state index in [2.05, 4.69) is 52.0 Å². The highest BCUT2D eigenvalue weighted by Crippen LogP contribution is 2.61. The quantitative estimate of drug-likeness (QED) is 0.0293. The number of benzene rings is 4. The third-order valence-corrected chi connectivity index (χ3v) is 31.0. The molecule has 9 rings (SSSR count). The highest BCUT2D eigenvalue weighted by molar-refractivity contribution is 7.55. The SMILES string of the molecule is CCCCCC1c2cc3c4c(CN(CCC)C(=O)CP(=O)(OC)OCC)c2OCOc2c1cc1c(c2CN(CCC)C(=O)CP(=O)(OCC)OCC)OCOc2c(cc5c(c2CN(CCC)C(=O)CP(=O)(OCC)OCC)OCOc2c(cc(c(c2CN(CCC)C(=O)CP(=O)(OCC)OCC)OCO4)C3CCCCC)C5CCCCC)C1CCCCC. The lowest BCUT2D eigenvalue weighted by atomic mass is 9.74. The minimum Gasteiger partial charge on any atom is -0.457 e. The van der Waals surface area contributed by atoms with E-state index in [0.717, 1.165) is 95.9 Å². The van der Waals surface area contributed by atoms with Gasteiger partial charge in [0.05, 0.1) is 94.7 Å². The number of nitrogens with zero attached hydrogens (tertiary/aromatic N) is 4. The number of carbonyl (C=O) groups excluding carboxylic acids is 4. The molecule has 8 bridgehead atoms. The molecule has 32 heteroatoms. The first-order valence-electron chi connectivity index (χ1n) is 45.8. The zero-order valence-electron chi connectivity index (χ0n) is 76.4. The summed E-state index contributed by atoms with van der Waals surface area (Å²) in [5, 5.41) is 0. The molecule has 4 aliphatic heterocycles. The Morgan fingerprint density at radius 3 is 0.626 bits per heavy atom. The number of rotatable bonds is 55. The van der Waals surface area contributed by atoms with Gasteiger partial charge in [0, 0.05) is 101 Å². The van der Waals surface area contributed by atoms with Crippen molar-refractivity contribution in [1.29, 1.82) is 0 Å². The lowest BCUT2D eigenvalue weighted by molar-refractivity contribution is -0.130. The molecule has 0 aromatic heterocycles. The third-order valence-electron chi connectivity index (χ3n) is 23.2. The highest BCUT2D eigenvalue weighted by atomic mass is 31.2. The molecule has 123 heavy (non-hydrogen) atoms. The van der Waals surface area contributed by atoms with Gasteiger partial charge in [-0.25, -0.2) is 0 Å². The summed E-state index contributed by atoms with van der Waals surface area (Å²) in [6.45, 7) is 27.5. The number of hydrogen-bond acceptors (Lipinski definition) is 24. The van der Waals surface area contributed by atoms with Crippen LogP contribution in [0.5, 0.6) is 46.0 Å². The van der Waals surface area contributed by atoms with Gasteiger partial charge in [-0.3, -0.25) is 37.4 Å². The van der Waals surface area contributed by atoms with Crippen molar-refractivity contribution in [3.05, 3.63) is 91.0 Å². The van der Waals surface area contributed by atoms with Crippen molar-refractivity contribution >= 4 is 54.0 Å². The number of hydrogen-bond donors (Lipinski definition) is 0. The number of carbonyl (C=O) groups is 4. The topological polar surface area (TPSA) is 297 Å². The van der Waals surface area contributed by atoms with Gasteiger partial charge in [0.25, 0.3) is 0 Å². The first-order chi connectivity index (χ1) is 59.4. The maximum atomic E-state index is 15.6. The summed E-state index contributed by atoms with van der Waals surface area (Å²) < 4.78 is 164. The molecule has 5 aliphatic rings. The molecule has 28 nitrogen and oxygen atoms in total. The van der Waals surface area contributed by atoms with Crippen molar-refractivity contribution in [2.45, 2.75) is 282 Å². The van der Waals surface area contributed by atoms with Crippen LogP contribution in [0.2, 0.25) is 0 Å². The predicted molar refractivity (Wildman–Crippen MR) is 475 cm³/mol. The van der Waals surface area contributed by atoms with Gasteiger partial charge in [-0.2, -0.15) is 0 Å². The van der Waals surface area contributed by atoms with Crippen molar-refractivity contribution in [2.75, 3.05) is 131 Å². The number of unbranched alkanes of at least 4 members (excludes halogenated alkanes) is 8. The maximum absolute atomic E-state index is 15.6. The highest BCUT2D eigenvalue weighted by Gasteiger charge is 2.46. The minimum atomic E-state index is -4.01. The van der Waals surface area contributed by atoms with Crippen LogP contribution >= 0.6 is 30.4 Å². The molecule has 0 spiro atoms. The summed E-state index contributed by atoms with van der Waals surface area (Å²) in [6, 6.07) is 8.97. The van der Waals surface area contributed by atoms with E-state index in [9.17, 15) is 18.3 Å². The molecule has 5 atom stereocenters. The van der Waals surface area contributed by atoms with Crippen LogP contribution in [0.1, 0.15) is 323 Å². The Bertz CT molecular complexity index is 3890. The standard InChI is InChI=1S/C91H142N4O24P4/c1-17-32-36-40-64-68-48-69-65(41-37-33-18-2)71-50-73-67(43-39-35-20-4)75-51-74-66(42-38-34-19-3)72-49-70(64)86-77(53-93(45-22-6)81(97)57-121(101,114-26-10)115-27-11)88(72)109-62-111-90(74)79(55-95(47-24-8)83(99)59-123(103,118-30-14)119-31-15)91(75)112-63-110-89(73)78(54-94(46-23-7)82(98)58-122(102,116-28-12)117-29-13)87(71)108-61-106-85(69)76(84(68)105-60-107-86)52-92(44-21-5)80(96)56-120(100,104-16)113-25-9/h48-51,64-67H,17-47,52-63H2,1-16H3. The summed E-state index contributed by atoms with van der Waals surface area (Å²) >= 11 is 0. The summed E-state index contributed by atoms with van der Waals surface area (Å²) in [4.78, 5) is 68.9. The summed E-state index contributed by atoms with van der Waals surface area (Å²) in [5.41, 5.74) is 8.12. The number of ether oxygens (including phenoxy) is 8. The Balaban J connectivity index is 1.57. The molecule has 0 radical (unpaired) electrons. The lowest BCUT2D eigenvalue weighted by Crippen LogP contribution is -2.36. The molecule has 4 aromatic rings. The Labute approximate surface area is 731 Å².